The molecule has 3 nitrogen and oxygen atoms in total. The molecule has 0 aromatic heterocycles. The van der Waals surface area contributed by atoms with E-state index in [9.17, 15) is 13.2 Å². The predicted octanol–water partition coefficient (Wildman–Crippen LogP) is 5.03. The van der Waals surface area contributed by atoms with Gasteiger partial charge in [-0.05, 0) is 31.9 Å². The Hall–Kier alpha value is -1.50. The highest BCUT2D eigenvalue weighted by molar-refractivity contribution is 6.76. The molecule has 0 radical (unpaired) electrons. The molecule has 7 heteroatoms. The van der Waals surface area contributed by atoms with Gasteiger partial charge in [-0.3, -0.25) is 5.32 Å². The first-order valence-corrected chi connectivity index (χ1v) is 12.3. The Kier molecular flexibility index (Phi) is 7.53. The Balaban J connectivity index is 3.07. The van der Waals surface area contributed by atoms with Crippen molar-refractivity contribution in [2.24, 2.45) is 0 Å². The lowest BCUT2D eigenvalue weighted by molar-refractivity contribution is -0.402. The molecule has 142 valence electrons. The van der Waals surface area contributed by atoms with Gasteiger partial charge in [-0.15, -0.1) is 0 Å². The molecule has 0 aliphatic rings. The highest BCUT2D eigenvalue weighted by Gasteiger charge is 2.36. The number of aryl methyl sites for hydroxylation is 1. The smallest absolute Gasteiger partial charge is 0.420 e. The molecule has 0 amide bonds. The summed E-state index contributed by atoms with van der Waals surface area (Å²) in [4.78, 5) is 0. The van der Waals surface area contributed by atoms with Crippen LogP contribution in [0.2, 0.25) is 25.7 Å². The number of hydrogen-bond acceptors (Lipinski definition) is 1. The molecule has 0 aliphatic carbocycles. The minimum absolute atomic E-state index is 0.0822. The maximum absolute atomic E-state index is 13.5. The van der Waals surface area contributed by atoms with Crippen LogP contribution >= 0.6 is 0 Å². The van der Waals surface area contributed by atoms with Crippen LogP contribution in [-0.4, -0.2) is 39.2 Å². The van der Waals surface area contributed by atoms with Crippen LogP contribution < -0.4 is 10.1 Å². The molecule has 0 saturated carbocycles. The lowest BCUT2D eigenvalue weighted by Crippen LogP contribution is -2.20. The first kappa shape index (κ1) is 21.5. The lowest BCUT2D eigenvalue weighted by Gasteiger charge is -2.18. The van der Waals surface area contributed by atoms with Crippen LogP contribution in [0.5, 0.6) is 5.75 Å². The molecule has 0 aliphatic heterocycles. The number of nitrogens with zero attached hydrogens (tertiary/aromatic N) is 1. The highest BCUT2D eigenvalue weighted by Crippen LogP contribution is 2.40. The van der Waals surface area contributed by atoms with E-state index in [1.54, 1.807) is 24.9 Å². The van der Waals surface area contributed by atoms with Crippen molar-refractivity contribution in [1.82, 2.24) is 5.32 Å². The molecule has 0 heterocycles. The van der Waals surface area contributed by atoms with Gasteiger partial charge < -0.3 is 4.74 Å². The van der Waals surface area contributed by atoms with E-state index in [0.29, 0.717) is 18.8 Å². The fourth-order valence-corrected chi connectivity index (χ4v) is 3.68. The van der Waals surface area contributed by atoms with Crippen molar-refractivity contribution >= 4 is 20.1 Å². The van der Waals surface area contributed by atoms with Gasteiger partial charge >= 0.3 is 6.18 Å². The second-order valence-corrected chi connectivity index (χ2v) is 13.1. The van der Waals surface area contributed by atoms with E-state index in [1.165, 1.54) is 6.07 Å². The van der Waals surface area contributed by atoms with Gasteiger partial charge in [0, 0.05) is 14.1 Å². The molecular weight excluding hydrogens is 345 g/mol. The van der Waals surface area contributed by atoms with Gasteiger partial charge in [-0.25, -0.2) is 4.58 Å². The number of alkyl halides is 3. The van der Waals surface area contributed by atoms with Crippen LogP contribution in [0.25, 0.3) is 0 Å². The molecule has 1 aromatic rings. The second kappa shape index (κ2) is 8.74. The summed E-state index contributed by atoms with van der Waals surface area (Å²) in [6.07, 6.45) is -2.01. The van der Waals surface area contributed by atoms with Gasteiger partial charge in [0.2, 0.25) is 6.34 Å². The van der Waals surface area contributed by atoms with Crippen molar-refractivity contribution in [3.05, 3.63) is 23.3 Å². The second-order valence-electron chi connectivity index (χ2n) is 7.44. The largest absolute Gasteiger partial charge is 0.493 e. The summed E-state index contributed by atoms with van der Waals surface area (Å²) in [6.45, 7) is 11.5. The zero-order valence-electron chi connectivity index (χ0n) is 16.0. The van der Waals surface area contributed by atoms with E-state index in [4.69, 9.17) is 4.74 Å². The molecule has 25 heavy (non-hydrogen) atoms. The van der Waals surface area contributed by atoms with Gasteiger partial charge in [-0.2, -0.15) is 13.2 Å². The number of ether oxygens (including phenoxy) is 1. The first-order chi connectivity index (χ1) is 11.5. The van der Waals surface area contributed by atoms with Gasteiger partial charge in [0.1, 0.15) is 17.0 Å². The number of benzene rings is 1. The van der Waals surface area contributed by atoms with Crippen LogP contribution in [0.3, 0.4) is 0 Å². The molecule has 0 atom stereocenters. The molecule has 0 saturated heterocycles. The van der Waals surface area contributed by atoms with Gasteiger partial charge in [0.05, 0.1) is 20.2 Å². The molecule has 0 fully saturated rings. The van der Waals surface area contributed by atoms with Crippen molar-refractivity contribution in [2.75, 3.05) is 20.2 Å². The third kappa shape index (κ3) is 7.10. The quantitative estimate of drug-likeness (QED) is 0.226. The van der Waals surface area contributed by atoms with Crippen molar-refractivity contribution < 1.29 is 22.5 Å². The van der Waals surface area contributed by atoms with Crippen molar-refractivity contribution in [3.63, 3.8) is 0 Å². The number of nitrogens with one attached hydrogen (secondary N) is 1. The topological polar surface area (TPSA) is 24.3 Å². The van der Waals surface area contributed by atoms with E-state index in [2.05, 4.69) is 25.0 Å². The monoisotopic (exact) mass is 375 g/mol. The van der Waals surface area contributed by atoms with Crippen LogP contribution in [-0.2, 0) is 6.18 Å². The summed E-state index contributed by atoms with van der Waals surface area (Å²) < 4.78 is 47.5. The van der Waals surface area contributed by atoms with Crippen molar-refractivity contribution in [1.29, 1.82) is 0 Å². The normalized spacial score (nSPS) is 13.1. The van der Waals surface area contributed by atoms with Crippen LogP contribution in [0.4, 0.5) is 18.9 Å². The Bertz CT molecular complexity index is 608. The Labute approximate surface area is 149 Å². The average molecular weight is 376 g/mol. The zero-order chi connectivity index (χ0) is 19.3. The fraction of sp³-hybridized carbons (Fsp3) is 0.611. The molecular formula is C18H30F3N2OSi+. The van der Waals surface area contributed by atoms with Crippen molar-refractivity contribution in [2.45, 2.75) is 52.1 Å². The summed E-state index contributed by atoms with van der Waals surface area (Å²) in [6, 6.07) is 3.69. The predicted molar refractivity (Wildman–Crippen MR) is 100 cm³/mol. The summed E-state index contributed by atoms with van der Waals surface area (Å²) in [7, 11) is 0.509. The molecule has 1 N–H and O–H groups in total. The molecule has 0 unspecified atom stereocenters. The lowest BCUT2D eigenvalue weighted by atomic mass is 10.1. The van der Waals surface area contributed by atoms with Gasteiger partial charge in [0.15, 0.2) is 0 Å². The summed E-state index contributed by atoms with van der Waals surface area (Å²) in [5.74, 6) is -0.0822. The fourth-order valence-electron chi connectivity index (χ4n) is 2.47. The van der Waals surface area contributed by atoms with E-state index in [0.717, 1.165) is 24.1 Å². The minimum Gasteiger partial charge on any atom is -0.493 e. The summed E-state index contributed by atoms with van der Waals surface area (Å²) in [5, 5.41) is 2.99. The number of hydrogen-bond donors (Lipinski definition) is 1. The zero-order valence-corrected chi connectivity index (χ0v) is 17.0. The van der Waals surface area contributed by atoms with E-state index >= 15 is 0 Å². The van der Waals surface area contributed by atoms with Gasteiger partial charge in [-0.1, -0.05) is 25.7 Å². The maximum Gasteiger partial charge on any atom is 0.420 e. The van der Waals surface area contributed by atoms with Crippen LogP contribution in [0.1, 0.15) is 24.5 Å². The molecule has 1 aromatic carbocycles. The molecule has 1 rings (SSSR count). The van der Waals surface area contributed by atoms with Crippen molar-refractivity contribution in [3.8, 4) is 5.75 Å². The Morgan fingerprint density at radius 1 is 1.24 bits per heavy atom. The molecule has 0 spiro atoms. The maximum atomic E-state index is 13.5. The van der Waals surface area contributed by atoms with E-state index in [1.807, 2.05) is 6.92 Å². The van der Waals surface area contributed by atoms with Gasteiger partial charge in [0.25, 0.3) is 0 Å². The highest BCUT2D eigenvalue weighted by atomic mass is 28.3. The van der Waals surface area contributed by atoms with E-state index < -0.39 is 19.8 Å². The average Bonchev–Trinajstić information content (AvgIpc) is 2.47. The third-order valence-corrected chi connectivity index (χ3v) is 5.65. The number of rotatable bonds is 8. The Morgan fingerprint density at radius 3 is 2.40 bits per heavy atom. The minimum atomic E-state index is -4.45. The number of halogens is 3. The Morgan fingerprint density at radius 2 is 1.88 bits per heavy atom. The standard InChI is InChI=1S/C18H29F3N2OSi/c1-7-22-13-23(3)16-12-15(18(19,20)21)17(11-14(16)2)24-9-8-10-25(4,5)6/h11-13H,7-10H2,1-6H3/p+1. The molecule has 0 bridgehead atoms. The summed E-state index contributed by atoms with van der Waals surface area (Å²) in [5.41, 5.74) is 0.519. The van der Waals surface area contributed by atoms with E-state index in [-0.39, 0.29) is 5.75 Å². The third-order valence-electron chi connectivity index (χ3n) is 3.80. The van der Waals surface area contributed by atoms with Crippen LogP contribution in [0, 0.1) is 6.92 Å². The first-order valence-electron chi connectivity index (χ1n) is 8.60. The SMILES string of the molecule is CCNC=[N+](C)c1cc(C(F)(F)F)c(OCCC[Si](C)(C)C)cc1C. The summed E-state index contributed by atoms with van der Waals surface area (Å²) >= 11 is 0. The van der Waals surface area contributed by atoms with Crippen LogP contribution in [0.15, 0.2) is 12.1 Å².